The number of amides is 1. The average Bonchev–Trinajstić information content (AvgIpc) is 2.84. The summed E-state index contributed by atoms with van der Waals surface area (Å²) in [5.41, 5.74) is 0. The standard InChI is InChI=1S/C13H22N2OS/c1-15(9-4-8-14)13(16)7-10-17-11-12-5-2-3-6-12/h12H,2-7,9-11H2,1H3. The van der Waals surface area contributed by atoms with Crippen LogP contribution in [0.1, 0.15) is 38.5 Å². The minimum atomic E-state index is 0.166. The number of rotatable bonds is 7. The molecule has 1 aliphatic rings. The number of nitrogens with zero attached hydrogens (tertiary/aromatic N) is 2. The molecule has 1 aliphatic carbocycles. The van der Waals surface area contributed by atoms with Gasteiger partial charge in [-0.25, -0.2) is 0 Å². The summed E-state index contributed by atoms with van der Waals surface area (Å²) >= 11 is 1.91. The zero-order chi connectivity index (χ0) is 12.5. The molecule has 0 aromatic carbocycles. The van der Waals surface area contributed by atoms with Crippen molar-refractivity contribution in [1.29, 1.82) is 5.26 Å². The third kappa shape index (κ3) is 5.97. The van der Waals surface area contributed by atoms with Gasteiger partial charge in [-0.3, -0.25) is 4.79 Å². The molecule has 4 heteroatoms. The van der Waals surface area contributed by atoms with Gasteiger partial charge in [-0.2, -0.15) is 17.0 Å². The molecule has 0 aliphatic heterocycles. The second-order valence-electron chi connectivity index (χ2n) is 4.70. The molecule has 0 spiro atoms. The average molecular weight is 254 g/mol. The molecule has 0 radical (unpaired) electrons. The van der Waals surface area contributed by atoms with Crippen molar-refractivity contribution in [2.45, 2.75) is 38.5 Å². The molecule has 1 saturated carbocycles. The molecule has 0 aromatic rings. The van der Waals surface area contributed by atoms with E-state index in [-0.39, 0.29) is 5.91 Å². The largest absolute Gasteiger partial charge is 0.345 e. The van der Waals surface area contributed by atoms with Crippen LogP contribution >= 0.6 is 11.8 Å². The van der Waals surface area contributed by atoms with Crippen LogP contribution in [0.4, 0.5) is 0 Å². The third-order valence-corrected chi connectivity index (χ3v) is 4.47. The zero-order valence-electron chi connectivity index (χ0n) is 10.7. The Labute approximate surface area is 109 Å². The quantitative estimate of drug-likeness (QED) is 0.656. The Morgan fingerprint density at radius 2 is 2.18 bits per heavy atom. The molecule has 1 amide bonds. The first kappa shape index (κ1) is 14.4. The molecule has 0 unspecified atom stereocenters. The number of thioether (sulfide) groups is 1. The van der Waals surface area contributed by atoms with Crippen LogP contribution in [0, 0.1) is 17.2 Å². The fourth-order valence-electron chi connectivity index (χ4n) is 2.12. The van der Waals surface area contributed by atoms with Crippen LogP contribution in [0.5, 0.6) is 0 Å². The summed E-state index contributed by atoms with van der Waals surface area (Å²) in [5.74, 6) is 3.20. The summed E-state index contributed by atoms with van der Waals surface area (Å²) in [5, 5.41) is 8.44. The maximum absolute atomic E-state index is 11.6. The van der Waals surface area contributed by atoms with Gasteiger partial charge in [-0.1, -0.05) is 12.8 Å². The Kier molecular flexibility index (Phi) is 7.11. The monoisotopic (exact) mass is 254 g/mol. The fraction of sp³-hybridized carbons (Fsp3) is 0.846. The van der Waals surface area contributed by atoms with Crippen molar-refractivity contribution in [2.24, 2.45) is 5.92 Å². The van der Waals surface area contributed by atoms with Crippen molar-refractivity contribution in [3.63, 3.8) is 0 Å². The minimum absolute atomic E-state index is 0.166. The molecule has 0 saturated heterocycles. The lowest BCUT2D eigenvalue weighted by atomic mass is 10.1. The van der Waals surface area contributed by atoms with Crippen LogP contribution in [0.15, 0.2) is 0 Å². The van der Waals surface area contributed by atoms with E-state index >= 15 is 0 Å². The summed E-state index contributed by atoms with van der Waals surface area (Å²) in [7, 11) is 1.78. The summed E-state index contributed by atoms with van der Waals surface area (Å²) in [6.07, 6.45) is 6.57. The van der Waals surface area contributed by atoms with E-state index in [0.29, 0.717) is 19.4 Å². The Balaban J connectivity index is 2.01. The maximum Gasteiger partial charge on any atom is 0.223 e. The van der Waals surface area contributed by atoms with Gasteiger partial charge in [0, 0.05) is 25.8 Å². The highest BCUT2D eigenvalue weighted by molar-refractivity contribution is 7.99. The number of carbonyl (C=O) groups excluding carboxylic acids is 1. The molecule has 96 valence electrons. The number of hydrogen-bond donors (Lipinski definition) is 0. The molecule has 1 fully saturated rings. The summed E-state index contributed by atoms with van der Waals surface area (Å²) in [4.78, 5) is 13.3. The SMILES string of the molecule is CN(CCC#N)C(=O)CCSCC1CCCC1. The van der Waals surface area contributed by atoms with E-state index in [1.54, 1.807) is 11.9 Å². The fourth-order valence-corrected chi connectivity index (χ4v) is 3.27. The molecule has 0 heterocycles. The lowest BCUT2D eigenvalue weighted by Crippen LogP contribution is -2.27. The van der Waals surface area contributed by atoms with Crippen LogP contribution < -0.4 is 0 Å². The number of nitriles is 1. The molecule has 0 N–H and O–H groups in total. The van der Waals surface area contributed by atoms with Gasteiger partial charge in [0.05, 0.1) is 12.5 Å². The van der Waals surface area contributed by atoms with Crippen molar-refractivity contribution < 1.29 is 4.79 Å². The van der Waals surface area contributed by atoms with Gasteiger partial charge in [0.25, 0.3) is 0 Å². The topological polar surface area (TPSA) is 44.1 Å². The number of hydrogen-bond acceptors (Lipinski definition) is 3. The first-order valence-electron chi connectivity index (χ1n) is 6.42. The van der Waals surface area contributed by atoms with E-state index < -0.39 is 0 Å². The van der Waals surface area contributed by atoms with Gasteiger partial charge in [0.15, 0.2) is 0 Å². The highest BCUT2D eigenvalue weighted by Gasteiger charge is 2.15. The van der Waals surface area contributed by atoms with Gasteiger partial charge in [-0.15, -0.1) is 0 Å². The summed E-state index contributed by atoms with van der Waals surface area (Å²) < 4.78 is 0. The van der Waals surface area contributed by atoms with Crippen LogP contribution in [0.3, 0.4) is 0 Å². The predicted octanol–water partition coefficient (Wildman–Crippen LogP) is 2.67. The van der Waals surface area contributed by atoms with Crippen LogP contribution in [-0.4, -0.2) is 35.9 Å². The van der Waals surface area contributed by atoms with Crippen LogP contribution in [-0.2, 0) is 4.79 Å². The van der Waals surface area contributed by atoms with Gasteiger partial charge < -0.3 is 4.90 Å². The van der Waals surface area contributed by atoms with Crippen molar-refractivity contribution in [3.8, 4) is 6.07 Å². The van der Waals surface area contributed by atoms with E-state index in [1.165, 1.54) is 31.4 Å². The molecular formula is C13H22N2OS. The van der Waals surface area contributed by atoms with Crippen molar-refractivity contribution >= 4 is 17.7 Å². The van der Waals surface area contributed by atoms with Gasteiger partial charge in [0.1, 0.15) is 0 Å². The molecular weight excluding hydrogens is 232 g/mol. The molecule has 0 aromatic heterocycles. The van der Waals surface area contributed by atoms with Crippen molar-refractivity contribution in [3.05, 3.63) is 0 Å². The Hall–Kier alpha value is -0.690. The lowest BCUT2D eigenvalue weighted by Gasteiger charge is -2.15. The molecule has 0 atom stereocenters. The van der Waals surface area contributed by atoms with E-state index in [2.05, 4.69) is 6.07 Å². The van der Waals surface area contributed by atoms with Crippen molar-refractivity contribution in [2.75, 3.05) is 25.1 Å². The Morgan fingerprint density at radius 1 is 1.47 bits per heavy atom. The first-order valence-corrected chi connectivity index (χ1v) is 7.58. The first-order chi connectivity index (χ1) is 8.24. The summed E-state index contributed by atoms with van der Waals surface area (Å²) in [6, 6.07) is 2.06. The van der Waals surface area contributed by atoms with E-state index in [1.807, 2.05) is 11.8 Å². The van der Waals surface area contributed by atoms with Crippen LogP contribution in [0.2, 0.25) is 0 Å². The van der Waals surface area contributed by atoms with Crippen LogP contribution in [0.25, 0.3) is 0 Å². The molecule has 0 bridgehead atoms. The van der Waals surface area contributed by atoms with E-state index in [0.717, 1.165) is 11.7 Å². The predicted molar refractivity (Wildman–Crippen MR) is 71.8 cm³/mol. The van der Waals surface area contributed by atoms with Gasteiger partial charge >= 0.3 is 0 Å². The molecule has 1 rings (SSSR count). The smallest absolute Gasteiger partial charge is 0.223 e. The lowest BCUT2D eigenvalue weighted by molar-refractivity contribution is -0.129. The van der Waals surface area contributed by atoms with E-state index in [4.69, 9.17) is 5.26 Å². The van der Waals surface area contributed by atoms with Crippen molar-refractivity contribution in [1.82, 2.24) is 4.90 Å². The highest BCUT2D eigenvalue weighted by atomic mass is 32.2. The minimum Gasteiger partial charge on any atom is -0.345 e. The zero-order valence-corrected chi connectivity index (χ0v) is 11.5. The maximum atomic E-state index is 11.6. The molecule has 3 nitrogen and oxygen atoms in total. The Bertz CT molecular complexity index is 269. The normalized spacial score (nSPS) is 15.8. The second-order valence-corrected chi connectivity index (χ2v) is 5.85. The third-order valence-electron chi connectivity index (χ3n) is 3.27. The highest BCUT2D eigenvalue weighted by Crippen LogP contribution is 2.27. The molecule has 17 heavy (non-hydrogen) atoms. The number of carbonyl (C=O) groups is 1. The summed E-state index contributed by atoms with van der Waals surface area (Å²) in [6.45, 7) is 0.558. The van der Waals surface area contributed by atoms with Gasteiger partial charge in [-0.05, 0) is 24.5 Å². The van der Waals surface area contributed by atoms with E-state index in [9.17, 15) is 4.79 Å². The van der Waals surface area contributed by atoms with Gasteiger partial charge in [0.2, 0.25) is 5.91 Å². The second kappa shape index (κ2) is 8.41. The Morgan fingerprint density at radius 3 is 2.82 bits per heavy atom.